The molecule has 0 aromatic heterocycles. The van der Waals surface area contributed by atoms with Gasteiger partial charge in [0.05, 0.1) is 0 Å². The Labute approximate surface area is 29.2 Å². The summed E-state index contributed by atoms with van der Waals surface area (Å²) >= 11 is -0.875. The van der Waals surface area contributed by atoms with E-state index in [1.807, 2.05) is 0 Å². The molecule has 0 bridgehead atoms. The van der Waals surface area contributed by atoms with Crippen molar-refractivity contribution in [3.63, 3.8) is 0 Å². The fourth-order valence-corrected chi connectivity index (χ4v) is 0. The van der Waals surface area contributed by atoms with E-state index in [0.29, 0.717) is 0 Å². The van der Waals surface area contributed by atoms with Gasteiger partial charge in [0.15, 0.2) is 0 Å². The van der Waals surface area contributed by atoms with Crippen LogP contribution in [0.5, 0.6) is 0 Å². The van der Waals surface area contributed by atoms with Gasteiger partial charge in [-0.25, -0.2) is 0 Å². The van der Waals surface area contributed by atoms with Crippen LogP contribution in [0.25, 0.3) is 0 Å². The average molecular weight is 105 g/mol. The second-order valence-corrected chi connectivity index (χ2v) is 0.509. The molecule has 0 saturated carbocycles. The molecule has 0 aliphatic heterocycles. The minimum absolute atomic E-state index is 0.875. The SMILES string of the molecule is [O]=[Fe][O]O. The Bertz CT molecular complexity index is 17.2. The van der Waals surface area contributed by atoms with Gasteiger partial charge in [-0.1, -0.05) is 0 Å². The maximum absolute atomic E-state index is 8.83. The van der Waals surface area contributed by atoms with Crippen LogP contribution in [0.2, 0.25) is 0 Å². The summed E-state index contributed by atoms with van der Waals surface area (Å²) in [6, 6.07) is 0. The van der Waals surface area contributed by atoms with Crippen LogP contribution in [0.4, 0.5) is 0 Å². The molecule has 0 unspecified atom stereocenters. The fraction of sp³-hybridized carbons (Fsp3) is 0. The Morgan fingerprint density at radius 3 is 2.25 bits per heavy atom. The van der Waals surface area contributed by atoms with Gasteiger partial charge in [-0.3, -0.25) is 0 Å². The van der Waals surface area contributed by atoms with Crippen molar-refractivity contribution in [3.8, 4) is 0 Å². The molecule has 0 spiro atoms. The summed E-state index contributed by atoms with van der Waals surface area (Å²) in [5, 5.41) is 7.06. The first kappa shape index (κ1) is 4.24. The van der Waals surface area contributed by atoms with Crippen LogP contribution < -0.4 is 0 Å². The van der Waals surface area contributed by atoms with Crippen LogP contribution in [0.3, 0.4) is 0 Å². The van der Waals surface area contributed by atoms with E-state index >= 15 is 0 Å². The summed E-state index contributed by atoms with van der Waals surface area (Å²) in [4.78, 5) is 0. The molecule has 0 amide bonds. The van der Waals surface area contributed by atoms with Crippen molar-refractivity contribution in [1.29, 1.82) is 0 Å². The van der Waals surface area contributed by atoms with Crippen molar-refractivity contribution >= 4 is 0 Å². The van der Waals surface area contributed by atoms with Crippen molar-refractivity contribution in [1.82, 2.24) is 0 Å². The van der Waals surface area contributed by atoms with Gasteiger partial charge in [0, 0.05) is 0 Å². The first-order valence-electron chi connectivity index (χ1n) is 0.471. The Hall–Kier alpha value is 0.239. The first-order chi connectivity index (χ1) is 1.91. The molecule has 0 aliphatic carbocycles. The molecule has 0 aromatic carbocycles. The third kappa shape index (κ3) is 2.24. The minimum atomic E-state index is -0.875. The zero-order chi connectivity index (χ0) is 3.41. The van der Waals surface area contributed by atoms with Crippen LogP contribution in [0, 0.1) is 0 Å². The molecule has 4 heteroatoms. The summed E-state index contributed by atoms with van der Waals surface area (Å²) in [7, 11) is 0. The molecular weight excluding hydrogens is 104 g/mol. The summed E-state index contributed by atoms with van der Waals surface area (Å²) < 4.78 is 11.8. The second-order valence-electron chi connectivity index (χ2n) is 0.123. The van der Waals surface area contributed by atoms with Gasteiger partial charge >= 0.3 is 28.3 Å². The zero-order valence-corrected chi connectivity index (χ0v) is 2.72. The molecule has 0 rings (SSSR count). The number of hydrogen-bond donors (Lipinski definition) is 1. The molecule has 27 valence electrons. The molecule has 0 saturated heterocycles. The van der Waals surface area contributed by atoms with Crippen molar-refractivity contribution in [2.75, 3.05) is 0 Å². The molecular formula is HFeO3. The standard InChI is InChI=1S/Fe.H2O2.O/c;1-2;/h;1-2H;/q+1;;/p-1. The van der Waals surface area contributed by atoms with E-state index in [1.165, 1.54) is 0 Å². The quantitative estimate of drug-likeness (QED) is 0.285. The van der Waals surface area contributed by atoms with Crippen LogP contribution in [0.1, 0.15) is 0 Å². The van der Waals surface area contributed by atoms with Gasteiger partial charge in [-0.15, -0.1) is 0 Å². The van der Waals surface area contributed by atoms with Crippen LogP contribution in [-0.2, 0) is 23.0 Å². The molecule has 0 atom stereocenters. The van der Waals surface area contributed by atoms with Gasteiger partial charge < -0.3 is 0 Å². The molecule has 0 aromatic rings. The second kappa shape index (κ2) is 3.24. The predicted molar refractivity (Wildman–Crippen MR) is 4.40 cm³/mol. The van der Waals surface area contributed by atoms with Gasteiger partial charge in [-0.2, -0.15) is 0 Å². The Morgan fingerprint density at radius 1 is 2.00 bits per heavy atom. The monoisotopic (exact) mass is 105 g/mol. The third-order valence-electron chi connectivity index (χ3n) is 0.0264. The number of hydrogen-bond acceptors (Lipinski definition) is 3. The van der Waals surface area contributed by atoms with E-state index in [9.17, 15) is 0 Å². The number of rotatable bonds is 1. The van der Waals surface area contributed by atoms with Crippen LogP contribution >= 0.6 is 0 Å². The summed E-state index contributed by atoms with van der Waals surface area (Å²) in [5.41, 5.74) is 0. The van der Waals surface area contributed by atoms with E-state index in [2.05, 4.69) is 3.97 Å². The topological polar surface area (TPSA) is 46.5 Å². The third-order valence-corrected chi connectivity index (χ3v) is 0.109. The molecule has 1 N–H and O–H groups in total. The van der Waals surface area contributed by atoms with Crippen LogP contribution in [-0.4, -0.2) is 5.26 Å². The molecule has 0 fully saturated rings. The van der Waals surface area contributed by atoms with Gasteiger partial charge in [0.1, 0.15) is 0 Å². The van der Waals surface area contributed by atoms with Gasteiger partial charge in [0.25, 0.3) is 0 Å². The molecule has 3 nitrogen and oxygen atoms in total. The van der Waals surface area contributed by atoms with E-state index < -0.39 is 15.2 Å². The van der Waals surface area contributed by atoms with Crippen molar-refractivity contribution in [3.05, 3.63) is 0 Å². The van der Waals surface area contributed by atoms with E-state index in [4.69, 9.17) is 9.09 Å². The van der Waals surface area contributed by atoms with Crippen molar-refractivity contribution < 1.29 is 28.3 Å². The first-order valence-corrected chi connectivity index (χ1v) is 1.37. The van der Waals surface area contributed by atoms with E-state index in [0.717, 1.165) is 0 Å². The zero-order valence-electron chi connectivity index (χ0n) is 1.62. The van der Waals surface area contributed by atoms with Crippen LogP contribution in [0.15, 0.2) is 0 Å². The molecule has 0 aliphatic rings. The summed E-state index contributed by atoms with van der Waals surface area (Å²) in [6.07, 6.45) is 0. The van der Waals surface area contributed by atoms with E-state index in [1.54, 1.807) is 0 Å². The van der Waals surface area contributed by atoms with Crippen molar-refractivity contribution in [2.24, 2.45) is 0 Å². The summed E-state index contributed by atoms with van der Waals surface area (Å²) in [5.74, 6) is 0. The van der Waals surface area contributed by atoms with E-state index in [-0.39, 0.29) is 0 Å². The molecule has 4 heavy (non-hydrogen) atoms. The summed E-state index contributed by atoms with van der Waals surface area (Å²) in [6.45, 7) is 0. The average Bonchev–Trinajstić information content (AvgIpc) is 1.37. The molecule has 0 heterocycles. The normalized spacial score (nSPS) is 7.25. The predicted octanol–water partition coefficient (Wildman–Crippen LogP) is -0.181. The Kier molecular flexibility index (Phi) is 3.43. The van der Waals surface area contributed by atoms with Crippen molar-refractivity contribution in [2.45, 2.75) is 0 Å². The van der Waals surface area contributed by atoms with Gasteiger partial charge in [-0.05, 0) is 0 Å². The van der Waals surface area contributed by atoms with Gasteiger partial charge in [0.2, 0.25) is 0 Å². The Morgan fingerprint density at radius 2 is 2.25 bits per heavy atom. The molecule has 0 radical (unpaired) electrons. The Balaban J connectivity index is 2.30. The fourth-order valence-electron chi connectivity index (χ4n) is 0. The maximum atomic E-state index is 8.83.